The molecule has 0 saturated carbocycles. The van der Waals surface area contributed by atoms with Crippen molar-refractivity contribution in [2.75, 3.05) is 6.54 Å². The smallest absolute Gasteiger partial charge is 0.329 e. The van der Waals surface area contributed by atoms with Crippen LogP contribution in [0.2, 0.25) is 0 Å². The molecule has 1 aliphatic rings. The van der Waals surface area contributed by atoms with Gasteiger partial charge in [-0.1, -0.05) is 5.16 Å². The van der Waals surface area contributed by atoms with E-state index in [1.807, 2.05) is 0 Å². The van der Waals surface area contributed by atoms with Crippen LogP contribution in [0, 0.1) is 6.92 Å². The second-order valence-corrected chi connectivity index (χ2v) is 5.75. The van der Waals surface area contributed by atoms with Crippen LogP contribution in [0.3, 0.4) is 0 Å². The lowest BCUT2D eigenvalue weighted by atomic mass is 10.0. The van der Waals surface area contributed by atoms with Crippen LogP contribution in [-0.2, 0) is 9.53 Å². The van der Waals surface area contributed by atoms with Crippen molar-refractivity contribution < 1.29 is 23.3 Å². The zero-order chi connectivity index (χ0) is 17.1. The Kier molecular flexibility index (Phi) is 4.64. The van der Waals surface area contributed by atoms with E-state index in [1.165, 1.54) is 11.2 Å². The molecule has 0 radical (unpaired) electrons. The Labute approximate surface area is 138 Å². The third-order valence-electron chi connectivity index (χ3n) is 3.95. The molecule has 1 amide bonds. The molecule has 8 heteroatoms. The maximum Gasteiger partial charge on any atom is 0.329 e. The number of nitrogens with zero attached hydrogens (tertiary/aromatic N) is 3. The van der Waals surface area contributed by atoms with Gasteiger partial charge in [-0.3, -0.25) is 4.79 Å². The molecule has 2 aromatic rings. The van der Waals surface area contributed by atoms with Crippen LogP contribution in [0.5, 0.6) is 0 Å². The lowest BCUT2D eigenvalue weighted by Crippen LogP contribution is -2.48. The molecule has 3 rings (SSSR count). The van der Waals surface area contributed by atoms with E-state index in [4.69, 9.17) is 13.7 Å². The van der Waals surface area contributed by atoms with Gasteiger partial charge in [-0.15, -0.1) is 0 Å². The molecule has 0 unspecified atom stereocenters. The molecule has 1 saturated heterocycles. The summed E-state index contributed by atoms with van der Waals surface area (Å²) in [6, 6.07) is 2.59. The Morgan fingerprint density at radius 1 is 1.42 bits per heavy atom. The van der Waals surface area contributed by atoms with Gasteiger partial charge in [-0.25, -0.2) is 4.79 Å². The number of aromatic nitrogens is 2. The number of likely N-dealkylation sites (tertiary alicyclic amines) is 1. The molecule has 128 valence electrons. The largest absolute Gasteiger partial charge is 0.459 e. The van der Waals surface area contributed by atoms with Gasteiger partial charge in [0.1, 0.15) is 6.04 Å². The van der Waals surface area contributed by atoms with E-state index in [0.29, 0.717) is 18.8 Å². The van der Waals surface area contributed by atoms with Gasteiger partial charge in [-0.2, -0.15) is 4.98 Å². The maximum atomic E-state index is 12.5. The maximum absolute atomic E-state index is 12.5. The molecule has 24 heavy (non-hydrogen) atoms. The number of ether oxygens (including phenoxy) is 1. The second kappa shape index (κ2) is 6.86. The Morgan fingerprint density at radius 2 is 2.25 bits per heavy atom. The van der Waals surface area contributed by atoms with Crippen molar-refractivity contribution in [1.29, 1.82) is 0 Å². The molecule has 3 heterocycles. The molecule has 2 atom stereocenters. The van der Waals surface area contributed by atoms with E-state index in [2.05, 4.69) is 10.1 Å². The molecule has 0 bridgehead atoms. The van der Waals surface area contributed by atoms with Gasteiger partial charge in [0, 0.05) is 6.54 Å². The van der Waals surface area contributed by atoms with Crippen molar-refractivity contribution in [2.24, 2.45) is 0 Å². The molecule has 1 aliphatic heterocycles. The number of amides is 1. The molecule has 0 aliphatic carbocycles. The van der Waals surface area contributed by atoms with Gasteiger partial charge in [0.05, 0.1) is 6.26 Å². The molecule has 1 fully saturated rings. The minimum atomic E-state index is -0.666. The van der Waals surface area contributed by atoms with Crippen LogP contribution in [0.1, 0.15) is 54.6 Å². The highest BCUT2D eigenvalue weighted by atomic mass is 16.6. The van der Waals surface area contributed by atoms with E-state index >= 15 is 0 Å². The first-order chi connectivity index (χ1) is 11.6. The molecular formula is C16H19N3O5. The van der Waals surface area contributed by atoms with Crippen LogP contribution >= 0.6 is 0 Å². The van der Waals surface area contributed by atoms with Gasteiger partial charge in [0.25, 0.3) is 11.8 Å². The fourth-order valence-electron chi connectivity index (χ4n) is 2.74. The first-order valence-electron chi connectivity index (χ1n) is 7.91. The van der Waals surface area contributed by atoms with E-state index in [0.717, 1.165) is 12.8 Å². The highest BCUT2D eigenvalue weighted by Crippen LogP contribution is 2.23. The Balaban J connectivity index is 1.70. The number of piperidine rings is 1. The molecule has 0 N–H and O–H groups in total. The normalized spacial score (nSPS) is 19.1. The number of esters is 1. The summed E-state index contributed by atoms with van der Waals surface area (Å²) in [5.74, 6) is 0.150. The average molecular weight is 333 g/mol. The summed E-state index contributed by atoms with van der Waals surface area (Å²) in [6.45, 7) is 3.84. The molecule has 0 aromatic carbocycles. The first kappa shape index (κ1) is 16.2. The third kappa shape index (κ3) is 3.32. The molecule has 2 aromatic heterocycles. The summed E-state index contributed by atoms with van der Waals surface area (Å²) < 4.78 is 15.6. The average Bonchev–Trinajstić information content (AvgIpc) is 3.25. The van der Waals surface area contributed by atoms with Crippen molar-refractivity contribution >= 4 is 11.9 Å². The quantitative estimate of drug-likeness (QED) is 0.791. The number of carbonyl (C=O) groups is 2. The number of hydrogen-bond donors (Lipinski definition) is 0. The van der Waals surface area contributed by atoms with Crippen molar-refractivity contribution in [1.82, 2.24) is 15.0 Å². The van der Waals surface area contributed by atoms with Gasteiger partial charge in [0.15, 0.2) is 17.7 Å². The molecule has 8 nitrogen and oxygen atoms in total. The number of hydrogen-bond acceptors (Lipinski definition) is 7. The van der Waals surface area contributed by atoms with Crippen molar-refractivity contribution in [3.05, 3.63) is 35.9 Å². The van der Waals surface area contributed by atoms with E-state index in [9.17, 15) is 9.59 Å². The fraction of sp³-hybridized carbons (Fsp3) is 0.500. The van der Waals surface area contributed by atoms with Crippen LogP contribution in [0.15, 0.2) is 27.3 Å². The molecule has 0 spiro atoms. The van der Waals surface area contributed by atoms with E-state index in [1.54, 1.807) is 26.0 Å². The fourth-order valence-corrected chi connectivity index (χ4v) is 2.74. The van der Waals surface area contributed by atoms with Crippen molar-refractivity contribution in [2.45, 2.75) is 45.3 Å². The number of rotatable bonds is 4. The lowest BCUT2D eigenvalue weighted by molar-refractivity contribution is -0.156. The lowest BCUT2D eigenvalue weighted by Gasteiger charge is -2.33. The summed E-state index contributed by atoms with van der Waals surface area (Å²) in [6.07, 6.45) is 3.02. The molecular weight excluding hydrogens is 314 g/mol. The van der Waals surface area contributed by atoms with Crippen molar-refractivity contribution in [3.63, 3.8) is 0 Å². The van der Waals surface area contributed by atoms with E-state index < -0.39 is 18.1 Å². The number of furan rings is 1. The number of aryl methyl sites for hydroxylation is 1. The van der Waals surface area contributed by atoms with Crippen LogP contribution in [-0.4, -0.2) is 39.5 Å². The Bertz CT molecular complexity index is 709. The Morgan fingerprint density at radius 3 is 2.92 bits per heavy atom. The van der Waals surface area contributed by atoms with E-state index in [-0.39, 0.29) is 17.6 Å². The zero-order valence-electron chi connectivity index (χ0n) is 13.6. The van der Waals surface area contributed by atoms with Crippen LogP contribution in [0.25, 0.3) is 0 Å². The predicted octanol–water partition coefficient (Wildman–Crippen LogP) is 2.27. The van der Waals surface area contributed by atoms with Gasteiger partial charge < -0.3 is 18.6 Å². The zero-order valence-corrected chi connectivity index (χ0v) is 13.6. The predicted molar refractivity (Wildman–Crippen MR) is 80.9 cm³/mol. The van der Waals surface area contributed by atoms with Gasteiger partial charge >= 0.3 is 5.97 Å². The summed E-state index contributed by atoms with van der Waals surface area (Å²) in [5.41, 5.74) is 0. The van der Waals surface area contributed by atoms with Crippen molar-refractivity contribution in [3.8, 4) is 0 Å². The third-order valence-corrected chi connectivity index (χ3v) is 3.95. The van der Waals surface area contributed by atoms with Crippen LogP contribution < -0.4 is 0 Å². The topological polar surface area (TPSA) is 98.7 Å². The summed E-state index contributed by atoms with van der Waals surface area (Å²) in [4.78, 5) is 30.6. The Hall–Kier alpha value is -2.64. The minimum absolute atomic E-state index is 0.218. The van der Waals surface area contributed by atoms with Crippen LogP contribution in [0.4, 0.5) is 0 Å². The summed E-state index contributed by atoms with van der Waals surface area (Å²) in [7, 11) is 0. The summed E-state index contributed by atoms with van der Waals surface area (Å²) >= 11 is 0. The standard InChI is InChI=1S/C16H19N3O5/c1-10(14-17-11(2)18-24-14)23-16(21)12-6-3-4-8-19(12)15(20)13-7-5-9-22-13/h5,7,9-10,12H,3-4,6,8H2,1-2H3/t10-,12+/m0/s1. The first-order valence-corrected chi connectivity index (χ1v) is 7.91. The monoisotopic (exact) mass is 333 g/mol. The van der Waals surface area contributed by atoms with Gasteiger partial charge in [-0.05, 0) is 45.2 Å². The second-order valence-electron chi connectivity index (χ2n) is 5.75. The number of carbonyl (C=O) groups excluding carboxylic acids is 2. The minimum Gasteiger partial charge on any atom is -0.459 e. The highest BCUT2D eigenvalue weighted by molar-refractivity contribution is 5.94. The SMILES string of the molecule is Cc1noc([C@H](C)OC(=O)[C@H]2CCCCN2C(=O)c2ccco2)n1. The highest BCUT2D eigenvalue weighted by Gasteiger charge is 2.36. The van der Waals surface area contributed by atoms with Gasteiger partial charge in [0.2, 0.25) is 0 Å². The summed E-state index contributed by atoms with van der Waals surface area (Å²) in [5, 5.41) is 3.68.